The fourth-order valence-corrected chi connectivity index (χ4v) is 2.07. The number of anilines is 1. The minimum Gasteiger partial charge on any atom is -0.399 e. The van der Waals surface area contributed by atoms with E-state index in [2.05, 4.69) is 35.5 Å². The van der Waals surface area contributed by atoms with Crippen LogP contribution in [0.1, 0.15) is 25.1 Å². The van der Waals surface area contributed by atoms with Gasteiger partial charge >= 0.3 is 0 Å². The number of aryl methyl sites for hydroxylation is 2. The van der Waals surface area contributed by atoms with Crippen LogP contribution in [0.25, 0.3) is 0 Å². The first-order valence-corrected chi connectivity index (χ1v) is 6.48. The van der Waals surface area contributed by atoms with Gasteiger partial charge in [-0.15, -0.1) is 0 Å². The molecule has 3 nitrogen and oxygen atoms in total. The van der Waals surface area contributed by atoms with Crippen LogP contribution in [0.4, 0.5) is 5.69 Å². The molecule has 0 atom stereocenters. The smallest absolute Gasteiger partial charge is 0.0948 e. The Balaban J connectivity index is 1.97. The lowest BCUT2D eigenvalue weighted by Gasteiger charge is -2.10. The van der Waals surface area contributed by atoms with E-state index in [1.807, 2.05) is 24.7 Å². The molecule has 1 aromatic carbocycles. The van der Waals surface area contributed by atoms with Gasteiger partial charge in [0.15, 0.2) is 0 Å². The summed E-state index contributed by atoms with van der Waals surface area (Å²) in [6, 6.07) is 8.10. The van der Waals surface area contributed by atoms with Gasteiger partial charge in [0.1, 0.15) is 0 Å². The van der Waals surface area contributed by atoms with Crippen molar-refractivity contribution < 1.29 is 0 Å². The first-order valence-electron chi connectivity index (χ1n) is 6.48. The zero-order valence-corrected chi connectivity index (χ0v) is 11.1. The van der Waals surface area contributed by atoms with Gasteiger partial charge in [0.05, 0.1) is 6.33 Å². The Kier molecular flexibility index (Phi) is 4.03. The maximum Gasteiger partial charge on any atom is 0.0948 e. The van der Waals surface area contributed by atoms with Gasteiger partial charge in [-0.25, -0.2) is 4.98 Å². The molecule has 0 amide bonds. The summed E-state index contributed by atoms with van der Waals surface area (Å²) < 4.78 is 2.25. The Hall–Kier alpha value is -1.77. The summed E-state index contributed by atoms with van der Waals surface area (Å²) in [4.78, 5) is 4.24. The van der Waals surface area contributed by atoms with Crippen LogP contribution in [0.2, 0.25) is 0 Å². The van der Waals surface area contributed by atoms with Crippen molar-refractivity contribution in [3.8, 4) is 0 Å². The zero-order chi connectivity index (χ0) is 13.0. The minimum atomic E-state index is 0.664. The van der Waals surface area contributed by atoms with Crippen LogP contribution < -0.4 is 5.73 Å². The van der Waals surface area contributed by atoms with Crippen molar-refractivity contribution in [2.45, 2.75) is 33.2 Å². The highest BCUT2D eigenvalue weighted by Crippen LogP contribution is 2.10. The molecule has 2 aromatic rings. The van der Waals surface area contributed by atoms with Crippen LogP contribution in [0.3, 0.4) is 0 Å². The van der Waals surface area contributed by atoms with E-state index in [9.17, 15) is 0 Å². The van der Waals surface area contributed by atoms with E-state index in [1.54, 1.807) is 0 Å². The average molecular weight is 243 g/mol. The number of rotatable bonds is 5. The second-order valence-corrected chi connectivity index (χ2v) is 5.17. The quantitative estimate of drug-likeness (QED) is 0.821. The Morgan fingerprint density at radius 3 is 2.61 bits per heavy atom. The Morgan fingerprint density at radius 2 is 1.94 bits per heavy atom. The monoisotopic (exact) mass is 243 g/mol. The summed E-state index contributed by atoms with van der Waals surface area (Å²) in [7, 11) is 0. The maximum atomic E-state index is 5.68. The summed E-state index contributed by atoms with van der Waals surface area (Å²) in [6.07, 6.45) is 6.00. The van der Waals surface area contributed by atoms with E-state index in [0.717, 1.165) is 25.1 Å². The lowest BCUT2D eigenvalue weighted by molar-refractivity contribution is 0.584. The van der Waals surface area contributed by atoms with Gasteiger partial charge in [-0.3, -0.25) is 0 Å². The van der Waals surface area contributed by atoms with Crippen molar-refractivity contribution in [1.82, 2.24) is 9.55 Å². The fraction of sp³-hybridized carbons (Fsp3) is 0.400. The molecule has 0 aliphatic rings. The molecule has 1 aromatic heterocycles. The molecule has 0 aliphatic heterocycles. The number of imidazole rings is 1. The SMILES string of the molecule is CC(C)Cc1cncn1CCc1ccc(N)cc1. The minimum absolute atomic E-state index is 0.664. The third-order valence-corrected chi connectivity index (χ3v) is 3.04. The summed E-state index contributed by atoms with van der Waals surface area (Å²) in [5.41, 5.74) is 9.14. The van der Waals surface area contributed by atoms with Gasteiger partial charge in [-0.05, 0) is 36.5 Å². The van der Waals surface area contributed by atoms with Crippen LogP contribution >= 0.6 is 0 Å². The predicted molar refractivity (Wildman–Crippen MR) is 75.3 cm³/mol. The summed E-state index contributed by atoms with van der Waals surface area (Å²) in [5, 5.41) is 0. The topological polar surface area (TPSA) is 43.8 Å². The summed E-state index contributed by atoms with van der Waals surface area (Å²) >= 11 is 0. The van der Waals surface area contributed by atoms with Crippen LogP contribution in [-0.2, 0) is 19.4 Å². The van der Waals surface area contributed by atoms with Crippen LogP contribution in [0.5, 0.6) is 0 Å². The normalized spacial score (nSPS) is 11.1. The zero-order valence-electron chi connectivity index (χ0n) is 11.1. The molecule has 18 heavy (non-hydrogen) atoms. The van der Waals surface area contributed by atoms with E-state index in [1.165, 1.54) is 11.3 Å². The molecule has 0 aliphatic carbocycles. The van der Waals surface area contributed by atoms with E-state index in [-0.39, 0.29) is 0 Å². The number of nitrogens with two attached hydrogens (primary N) is 1. The van der Waals surface area contributed by atoms with E-state index in [4.69, 9.17) is 5.73 Å². The summed E-state index contributed by atoms with van der Waals surface area (Å²) in [6.45, 7) is 5.45. The lowest BCUT2D eigenvalue weighted by atomic mass is 10.1. The molecule has 0 bridgehead atoms. The largest absolute Gasteiger partial charge is 0.399 e. The second-order valence-electron chi connectivity index (χ2n) is 5.17. The second kappa shape index (κ2) is 5.71. The maximum absolute atomic E-state index is 5.68. The van der Waals surface area contributed by atoms with Gasteiger partial charge in [-0.2, -0.15) is 0 Å². The van der Waals surface area contributed by atoms with E-state index in [0.29, 0.717) is 5.92 Å². The number of aromatic nitrogens is 2. The highest BCUT2D eigenvalue weighted by molar-refractivity contribution is 5.39. The number of hydrogen-bond donors (Lipinski definition) is 1. The Labute approximate surface area is 109 Å². The number of benzene rings is 1. The van der Waals surface area contributed by atoms with Crippen LogP contribution in [0, 0.1) is 5.92 Å². The molecule has 0 unspecified atom stereocenters. The molecule has 0 spiro atoms. The standard InChI is InChI=1S/C15H21N3/c1-12(2)9-15-10-17-11-18(15)8-7-13-3-5-14(16)6-4-13/h3-6,10-12H,7-9,16H2,1-2H3. The first kappa shape index (κ1) is 12.7. The molecule has 2 rings (SSSR count). The Bertz CT molecular complexity index is 483. The highest BCUT2D eigenvalue weighted by Gasteiger charge is 2.04. The molecule has 96 valence electrons. The van der Waals surface area contributed by atoms with Gasteiger partial charge in [-0.1, -0.05) is 26.0 Å². The molecule has 3 heteroatoms. The van der Waals surface area contributed by atoms with Crippen LogP contribution in [0.15, 0.2) is 36.8 Å². The van der Waals surface area contributed by atoms with Crippen molar-refractivity contribution in [2.24, 2.45) is 5.92 Å². The van der Waals surface area contributed by atoms with Gasteiger partial charge < -0.3 is 10.3 Å². The van der Waals surface area contributed by atoms with Crippen molar-refractivity contribution in [3.63, 3.8) is 0 Å². The average Bonchev–Trinajstić information content (AvgIpc) is 2.75. The van der Waals surface area contributed by atoms with Gasteiger partial charge in [0.2, 0.25) is 0 Å². The molecular formula is C15H21N3. The van der Waals surface area contributed by atoms with Crippen molar-refractivity contribution in [3.05, 3.63) is 48.0 Å². The number of nitrogens with zero attached hydrogens (tertiary/aromatic N) is 2. The van der Waals surface area contributed by atoms with Crippen molar-refractivity contribution in [2.75, 3.05) is 5.73 Å². The highest BCUT2D eigenvalue weighted by atomic mass is 15.0. The van der Waals surface area contributed by atoms with Crippen molar-refractivity contribution in [1.29, 1.82) is 0 Å². The first-order chi connectivity index (χ1) is 8.65. The third-order valence-electron chi connectivity index (χ3n) is 3.04. The molecule has 0 fully saturated rings. The van der Waals surface area contributed by atoms with Gasteiger partial charge in [0, 0.05) is 24.1 Å². The predicted octanol–water partition coefficient (Wildman–Crippen LogP) is 2.91. The summed E-state index contributed by atoms with van der Waals surface area (Å²) in [5.74, 6) is 0.664. The molecule has 0 saturated heterocycles. The van der Waals surface area contributed by atoms with Gasteiger partial charge in [0.25, 0.3) is 0 Å². The van der Waals surface area contributed by atoms with Crippen molar-refractivity contribution >= 4 is 5.69 Å². The molecular weight excluding hydrogens is 222 g/mol. The van der Waals surface area contributed by atoms with E-state index >= 15 is 0 Å². The fourth-order valence-electron chi connectivity index (χ4n) is 2.07. The molecule has 1 heterocycles. The Morgan fingerprint density at radius 1 is 1.22 bits per heavy atom. The lowest BCUT2D eigenvalue weighted by Crippen LogP contribution is -2.07. The number of hydrogen-bond acceptors (Lipinski definition) is 2. The number of nitrogen functional groups attached to an aromatic ring is 1. The molecule has 2 N–H and O–H groups in total. The molecule has 0 radical (unpaired) electrons. The third kappa shape index (κ3) is 3.36. The molecule has 0 saturated carbocycles. The van der Waals surface area contributed by atoms with E-state index < -0.39 is 0 Å². The van der Waals surface area contributed by atoms with Crippen LogP contribution in [-0.4, -0.2) is 9.55 Å².